The Morgan fingerprint density at radius 1 is 0.939 bits per heavy atom. The normalized spacial score (nSPS) is 10.8. The topological polar surface area (TPSA) is 71.8 Å². The molecule has 3 aromatic carbocycles. The van der Waals surface area contributed by atoms with Crippen LogP contribution in [0.15, 0.2) is 77.2 Å². The predicted octanol–water partition coefficient (Wildman–Crippen LogP) is 6.03. The molecule has 6 nitrogen and oxygen atoms in total. The van der Waals surface area contributed by atoms with E-state index in [1.807, 2.05) is 48.5 Å². The van der Waals surface area contributed by atoms with E-state index in [1.165, 1.54) is 11.9 Å². The lowest BCUT2D eigenvalue weighted by molar-refractivity contribution is -0.116. The van der Waals surface area contributed by atoms with Crippen LogP contribution in [0.3, 0.4) is 0 Å². The lowest BCUT2D eigenvalue weighted by Crippen LogP contribution is -2.35. The van der Waals surface area contributed by atoms with Crippen molar-refractivity contribution in [2.24, 2.45) is 0 Å². The first-order valence-corrected chi connectivity index (χ1v) is 10.9. The van der Waals surface area contributed by atoms with Gasteiger partial charge in [0.25, 0.3) is 5.91 Å². The van der Waals surface area contributed by atoms with E-state index in [4.69, 9.17) is 32.4 Å². The molecule has 0 aliphatic heterocycles. The zero-order valence-electron chi connectivity index (χ0n) is 17.7. The van der Waals surface area contributed by atoms with Crippen molar-refractivity contribution in [1.82, 2.24) is 4.90 Å². The summed E-state index contributed by atoms with van der Waals surface area (Å²) in [4.78, 5) is 27.0. The van der Waals surface area contributed by atoms with Gasteiger partial charge in [-0.1, -0.05) is 65.7 Å². The second-order valence-corrected chi connectivity index (χ2v) is 8.13. The highest BCUT2D eigenvalue weighted by molar-refractivity contribution is 6.39. The highest BCUT2D eigenvalue weighted by Gasteiger charge is 2.25. The van der Waals surface area contributed by atoms with Gasteiger partial charge in [-0.2, -0.15) is 0 Å². The summed E-state index contributed by atoms with van der Waals surface area (Å²) >= 11 is 12.2. The second-order valence-electron chi connectivity index (χ2n) is 7.31. The minimum absolute atomic E-state index is 0.123. The maximum absolute atomic E-state index is 13.2. The van der Waals surface area contributed by atoms with Crippen molar-refractivity contribution in [2.45, 2.75) is 6.61 Å². The Hall–Kier alpha value is -3.48. The molecule has 0 unspecified atom stereocenters. The number of rotatable bonds is 7. The molecule has 1 heterocycles. The molecule has 4 rings (SSSR count). The van der Waals surface area contributed by atoms with E-state index in [9.17, 15) is 9.59 Å². The fraction of sp³-hybridized carbons (Fsp3) is 0.120. The third-order valence-corrected chi connectivity index (χ3v) is 5.60. The number of nitrogens with zero attached hydrogens (tertiary/aromatic N) is 1. The summed E-state index contributed by atoms with van der Waals surface area (Å²) in [7, 11) is 1.52. The number of para-hydroxylation sites is 3. The molecule has 2 amide bonds. The average Bonchev–Trinajstić information content (AvgIpc) is 3.19. The number of amides is 2. The number of anilines is 1. The van der Waals surface area contributed by atoms with E-state index in [1.54, 1.807) is 24.3 Å². The van der Waals surface area contributed by atoms with Gasteiger partial charge in [0.15, 0.2) is 5.76 Å². The molecule has 8 heteroatoms. The van der Waals surface area contributed by atoms with Crippen LogP contribution in [0.2, 0.25) is 10.0 Å². The lowest BCUT2D eigenvalue weighted by atomic mass is 10.1. The van der Waals surface area contributed by atoms with Crippen LogP contribution in [0.4, 0.5) is 5.69 Å². The van der Waals surface area contributed by atoms with Crippen LogP contribution >= 0.6 is 23.2 Å². The van der Waals surface area contributed by atoms with Crippen molar-refractivity contribution in [2.75, 3.05) is 18.9 Å². The number of hydrogen-bond donors (Lipinski definition) is 1. The zero-order chi connectivity index (χ0) is 23.4. The van der Waals surface area contributed by atoms with Crippen LogP contribution in [0, 0.1) is 0 Å². The van der Waals surface area contributed by atoms with E-state index >= 15 is 0 Å². The molecule has 0 fully saturated rings. The number of hydrogen-bond acceptors (Lipinski definition) is 4. The maximum Gasteiger partial charge on any atom is 0.290 e. The molecule has 0 saturated heterocycles. The Labute approximate surface area is 200 Å². The highest BCUT2D eigenvalue weighted by Crippen LogP contribution is 2.30. The summed E-state index contributed by atoms with van der Waals surface area (Å²) in [5, 5.41) is 4.04. The molecule has 0 radical (unpaired) electrons. The molecule has 0 aliphatic rings. The number of fused-ring (bicyclic) bond motifs is 1. The number of carbonyl (C=O) groups excluding carboxylic acids is 2. The predicted molar refractivity (Wildman–Crippen MR) is 129 cm³/mol. The molecule has 0 saturated carbocycles. The van der Waals surface area contributed by atoms with Gasteiger partial charge in [-0.15, -0.1) is 0 Å². The number of halogens is 2. The monoisotopic (exact) mass is 482 g/mol. The van der Waals surface area contributed by atoms with E-state index in [0.717, 1.165) is 5.39 Å². The molecule has 0 bridgehead atoms. The third-order valence-electron chi connectivity index (χ3n) is 4.97. The largest absolute Gasteiger partial charge is 0.489 e. The van der Waals surface area contributed by atoms with Crippen LogP contribution in [0.5, 0.6) is 5.75 Å². The number of ether oxygens (including phenoxy) is 1. The van der Waals surface area contributed by atoms with E-state index in [0.29, 0.717) is 32.6 Å². The van der Waals surface area contributed by atoms with E-state index < -0.39 is 11.8 Å². The minimum atomic E-state index is -0.446. The van der Waals surface area contributed by atoms with Gasteiger partial charge in [0.2, 0.25) is 5.91 Å². The number of carbonyl (C=O) groups is 2. The zero-order valence-corrected chi connectivity index (χ0v) is 19.2. The first-order valence-electron chi connectivity index (χ1n) is 10.1. The molecule has 0 aliphatic carbocycles. The van der Waals surface area contributed by atoms with E-state index in [2.05, 4.69) is 5.32 Å². The van der Waals surface area contributed by atoms with Crippen molar-refractivity contribution in [1.29, 1.82) is 0 Å². The Bertz CT molecular complexity index is 1280. The lowest BCUT2D eigenvalue weighted by Gasteiger charge is -2.17. The molecule has 0 spiro atoms. The van der Waals surface area contributed by atoms with Crippen LogP contribution in [-0.2, 0) is 11.4 Å². The Morgan fingerprint density at radius 3 is 2.33 bits per heavy atom. The standard InChI is InChI=1S/C25H20Cl2N2O4/c1-29(14-22(30)28-23-19(26)11-7-12-20(23)27)25(31)24-18(15-32-16-8-3-2-4-9-16)17-10-5-6-13-21(17)33-24/h2-13H,14-15H2,1H3,(H,28,30). The van der Waals surface area contributed by atoms with Gasteiger partial charge < -0.3 is 19.4 Å². The third kappa shape index (κ3) is 5.13. The molecular formula is C25H20Cl2N2O4. The SMILES string of the molecule is CN(CC(=O)Nc1c(Cl)cccc1Cl)C(=O)c1oc2ccccc2c1COc1ccccc1. The summed E-state index contributed by atoms with van der Waals surface area (Å²) in [6.07, 6.45) is 0. The first-order chi connectivity index (χ1) is 15.9. The van der Waals surface area contributed by atoms with E-state index in [-0.39, 0.29) is 18.9 Å². The molecule has 33 heavy (non-hydrogen) atoms. The summed E-state index contributed by atoms with van der Waals surface area (Å²) in [5.41, 5.74) is 1.47. The second kappa shape index (κ2) is 9.98. The Balaban J connectivity index is 1.53. The molecule has 4 aromatic rings. The molecular weight excluding hydrogens is 463 g/mol. The number of furan rings is 1. The summed E-state index contributed by atoms with van der Waals surface area (Å²) < 4.78 is 11.7. The van der Waals surface area contributed by atoms with Gasteiger partial charge in [-0.3, -0.25) is 9.59 Å². The molecule has 1 aromatic heterocycles. The quantitative estimate of drug-likeness (QED) is 0.349. The van der Waals surface area contributed by atoms with Gasteiger partial charge in [-0.05, 0) is 30.3 Å². The Kier molecular flexibility index (Phi) is 6.87. The molecule has 0 atom stereocenters. The fourth-order valence-corrected chi connectivity index (χ4v) is 3.84. The summed E-state index contributed by atoms with van der Waals surface area (Å²) in [6.45, 7) is -0.0895. The van der Waals surface area contributed by atoms with Gasteiger partial charge in [0.1, 0.15) is 17.9 Å². The maximum atomic E-state index is 13.2. The summed E-state index contributed by atoms with van der Waals surface area (Å²) in [6, 6.07) is 21.5. The highest BCUT2D eigenvalue weighted by atomic mass is 35.5. The van der Waals surface area contributed by atoms with Crippen molar-refractivity contribution < 1.29 is 18.7 Å². The summed E-state index contributed by atoms with van der Waals surface area (Å²) in [5.74, 6) is -0.0962. The van der Waals surface area contributed by atoms with Crippen LogP contribution in [0.1, 0.15) is 16.1 Å². The number of nitrogens with one attached hydrogen (secondary N) is 1. The average molecular weight is 483 g/mol. The van der Waals surface area contributed by atoms with Crippen LogP contribution < -0.4 is 10.1 Å². The van der Waals surface area contributed by atoms with Gasteiger partial charge >= 0.3 is 0 Å². The van der Waals surface area contributed by atoms with Crippen LogP contribution in [-0.4, -0.2) is 30.3 Å². The fourth-order valence-electron chi connectivity index (χ4n) is 3.34. The Morgan fingerprint density at radius 2 is 1.61 bits per heavy atom. The van der Waals surface area contributed by atoms with Crippen molar-refractivity contribution in [3.63, 3.8) is 0 Å². The van der Waals surface area contributed by atoms with Gasteiger partial charge in [-0.25, -0.2) is 0 Å². The number of benzene rings is 3. The van der Waals surface area contributed by atoms with Gasteiger partial charge in [0, 0.05) is 18.0 Å². The van der Waals surface area contributed by atoms with Gasteiger partial charge in [0.05, 0.1) is 22.3 Å². The van der Waals surface area contributed by atoms with Crippen LogP contribution in [0.25, 0.3) is 11.0 Å². The van der Waals surface area contributed by atoms with Crippen molar-refractivity contribution in [3.8, 4) is 5.75 Å². The minimum Gasteiger partial charge on any atom is -0.489 e. The molecule has 1 N–H and O–H groups in total. The molecule has 168 valence electrons. The smallest absolute Gasteiger partial charge is 0.290 e. The van der Waals surface area contributed by atoms with Crippen molar-refractivity contribution in [3.05, 3.63) is 94.2 Å². The first kappa shape index (κ1) is 22.7. The number of likely N-dealkylation sites (N-methyl/N-ethyl adjacent to an activating group) is 1. The van der Waals surface area contributed by atoms with Crippen molar-refractivity contribution >= 4 is 51.7 Å².